The van der Waals surface area contributed by atoms with Gasteiger partial charge in [0, 0.05) is 6.54 Å². The van der Waals surface area contributed by atoms with Crippen molar-refractivity contribution in [3.05, 3.63) is 186 Å². The number of hydrogen-bond donors (Lipinski definition) is 1. The van der Waals surface area contributed by atoms with Gasteiger partial charge in [0.1, 0.15) is 23.9 Å². The third-order valence-corrected chi connectivity index (χ3v) is 8.55. The van der Waals surface area contributed by atoms with Crippen LogP contribution >= 0.6 is 0 Å². The SMILES string of the molecule is CC(C)(C)OC(=O)N(Cc1ccccc1)[C@H](/C=C/c1ccccc1)[C@@H](OCc1ccccc1)[C@@H](OCc1ccccc1)[C@@H](CO)OCc1ccccc1. The first-order chi connectivity index (χ1) is 25.8. The summed E-state index contributed by atoms with van der Waals surface area (Å²) in [5.74, 6) is 0. The van der Waals surface area contributed by atoms with Crippen molar-refractivity contribution < 1.29 is 28.8 Å². The van der Waals surface area contributed by atoms with Crippen LogP contribution in [-0.4, -0.2) is 52.7 Å². The van der Waals surface area contributed by atoms with E-state index in [2.05, 4.69) is 0 Å². The number of ether oxygens (including phenoxy) is 4. The van der Waals surface area contributed by atoms with Crippen LogP contribution < -0.4 is 0 Å². The zero-order valence-corrected chi connectivity index (χ0v) is 30.9. The Hall–Kier alpha value is -5.05. The maximum Gasteiger partial charge on any atom is 0.411 e. The molecule has 53 heavy (non-hydrogen) atoms. The quantitative estimate of drug-likeness (QED) is 0.0976. The molecule has 0 spiro atoms. The predicted molar refractivity (Wildman–Crippen MR) is 210 cm³/mol. The fourth-order valence-corrected chi connectivity index (χ4v) is 5.92. The summed E-state index contributed by atoms with van der Waals surface area (Å²) in [7, 11) is 0. The van der Waals surface area contributed by atoms with Crippen molar-refractivity contribution in [3.63, 3.8) is 0 Å². The van der Waals surface area contributed by atoms with Crippen LogP contribution in [0.1, 0.15) is 48.6 Å². The molecule has 5 rings (SSSR count). The first kappa shape index (κ1) is 39.2. The smallest absolute Gasteiger partial charge is 0.411 e. The Bertz CT molecular complexity index is 1780. The average Bonchev–Trinajstić information content (AvgIpc) is 3.18. The maximum absolute atomic E-state index is 14.4. The van der Waals surface area contributed by atoms with Gasteiger partial charge in [-0.15, -0.1) is 0 Å². The van der Waals surface area contributed by atoms with Crippen LogP contribution in [0.2, 0.25) is 0 Å². The fourth-order valence-electron chi connectivity index (χ4n) is 5.92. The number of carbonyl (C=O) groups excluding carboxylic acids is 1. The van der Waals surface area contributed by atoms with E-state index < -0.39 is 36.0 Å². The van der Waals surface area contributed by atoms with Crippen molar-refractivity contribution in [1.29, 1.82) is 0 Å². The van der Waals surface area contributed by atoms with Gasteiger partial charge in [-0.1, -0.05) is 164 Å². The van der Waals surface area contributed by atoms with Crippen molar-refractivity contribution in [2.24, 2.45) is 0 Å². The van der Waals surface area contributed by atoms with Gasteiger partial charge in [-0.2, -0.15) is 0 Å². The molecule has 0 aliphatic rings. The molecule has 4 atom stereocenters. The number of rotatable bonds is 18. The lowest BCUT2D eigenvalue weighted by Crippen LogP contribution is -2.56. The molecule has 5 aromatic rings. The van der Waals surface area contributed by atoms with E-state index in [1.54, 1.807) is 4.90 Å². The van der Waals surface area contributed by atoms with Gasteiger partial charge >= 0.3 is 6.09 Å². The van der Waals surface area contributed by atoms with Crippen molar-refractivity contribution in [2.45, 2.75) is 77.1 Å². The molecule has 5 aromatic carbocycles. The predicted octanol–water partition coefficient (Wildman–Crippen LogP) is 9.25. The highest BCUT2D eigenvalue weighted by molar-refractivity contribution is 5.69. The summed E-state index contributed by atoms with van der Waals surface area (Å²) >= 11 is 0. The molecular weight excluding hydrogens is 663 g/mol. The molecule has 0 fully saturated rings. The highest BCUT2D eigenvalue weighted by Gasteiger charge is 2.42. The van der Waals surface area contributed by atoms with Gasteiger partial charge in [0.05, 0.1) is 32.5 Å². The van der Waals surface area contributed by atoms with Gasteiger partial charge < -0.3 is 24.1 Å². The molecule has 0 heterocycles. The third-order valence-electron chi connectivity index (χ3n) is 8.55. The van der Waals surface area contributed by atoms with Crippen molar-refractivity contribution in [1.82, 2.24) is 4.90 Å². The number of nitrogens with zero attached hydrogens (tertiary/aromatic N) is 1. The van der Waals surface area contributed by atoms with E-state index in [9.17, 15) is 9.90 Å². The Labute approximate surface area is 314 Å². The molecule has 7 heteroatoms. The molecule has 1 amide bonds. The van der Waals surface area contributed by atoms with Crippen LogP contribution in [0.4, 0.5) is 4.79 Å². The van der Waals surface area contributed by atoms with Crippen LogP contribution in [0.5, 0.6) is 0 Å². The molecule has 0 saturated heterocycles. The van der Waals surface area contributed by atoms with E-state index in [4.69, 9.17) is 18.9 Å². The highest BCUT2D eigenvalue weighted by Crippen LogP contribution is 2.28. The Morgan fingerprint density at radius 3 is 1.47 bits per heavy atom. The van der Waals surface area contributed by atoms with E-state index >= 15 is 0 Å². The Morgan fingerprint density at radius 2 is 1.02 bits per heavy atom. The van der Waals surface area contributed by atoms with E-state index in [0.717, 1.165) is 27.8 Å². The minimum absolute atomic E-state index is 0.219. The minimum Gasteiger partial charge on any atom is -0.444 e. The molecule has 7 nitrogen and oxygen atoms in total. The van der Waals surface area contributed by atoms with E-state index in [0.29, 0.717) is 0 Å². The molecule has 0 saturated carbocycles. The van der Waals surface area contributed by atoms with Gasteiger partial charge in [0.25, 0.3) is 0 Å². The van der Waals surface area contributed by atoms with E-state index in [-0.39, 0.29) is 33.0 Å². The van der Waals surface area contributed by atoms with Gasteiger partial charge in [0.2, 0.25) is 0 Å². The molecular formula is C46H51NO6. The summed E-state index contributed by atoms with van der Waals surface area (Å²) in [6.45, 7) is 6.13. The zero-order valence-electron chi connectivity index (χ0n) is 30.9. The second kappa shape index (κ2) is 20.3. The van der Waals surface area contributed by atoms with Gasteiger partial charge in [-0.05, 0) is 48.6 Å². The van der Waals surface area contributed by atoms with E-state index in [1.165, 1.54) is 0 Å². The largest absolute Gasteiger partial charge is 0.444 e. The molecule has 0 aliphatic heterocycles. The summed E-state index contributed by atoms with van der Waals surface area (Å²) in [5, 5.41) is 11.0. The topological polar surface area (TPSA) is 77.5 Å². The Morgan fingerprint density at radius 1 is 0.604 bits per heavy atom. The molecule has 0 aromatic heterocycles. The van der Waals surface area contributed by atoms with Crippen molar-refractivity contribution in [2.75, 3.05) is 6.61 Å². The highest BCUT2D eigenvalue weighted by atomic mass is 16.6. The number of hydrogen-bond acceptors (Lipinski definition) is 6. The fraction of sp³-hybridized carbons (Fsp3) is 0.283. The summed E-state index contributed by atoms with van der Waals surface area (Å²) < 4.78 is 26.4. The first-order valence-corrected chi connectivity index (χ1v) is 18.1. The molecule has 0 radical (unpaired) electrons. The zero-order chi connectivity index (χ0) is 37.3. The molecule has 276 valence electrons. The van der Waals surface area contributed by atoms with Crippen molar-refractivity contribution >= 4 is 12.2 Å². The number of aliphatic hydroxyl groups is 1. The lowest BCUT2D eigenvalue weighted by Gasteiger charge is -2.41. The van der Waals surface area contributed by atoms with E-state index in [1.807, 2.05) is 185 Å². The Balaban J connectivity index is 1.64. The van der Waals surface area contributed by atoms with Gasteiger partial charge in [-0.25, -0.2) is 4.79 Å². The van der Waals surface area contributed by atoms with Crippen LogP contribution in [0, 0.1) is 0 Å². The summed E-state index contributed by atoms with van der Waals surface area (Å²) in [4.78, 5) is 16.1. The first-order valence-electron chi connectivity index (χ1n) is 18.1. The second-order valence-corrected chi connectivity index (χ2v) is 13.9. The van der Waals surface area contributed by atoms with Gasteiger partial charge in [-0.3, -0.25) is 4.90 Å². The summed E-state index contributed by atoms with van der Waals surface area (Å²) in [6, 6.07) is 48.5. The monoisotopic (exact) mass is 713 g/mol. The lowest BCUT2D eigenvalue weighted by molar-refractivity contribution is -0.173. The van der Waals surface area contributed by atoms with Crippen molar-refractivity contribution in [3.8, 4) is 0 Å². The minimum atomic E-state index is -0.848. The number of benzene rings is 5. The van der Waals surface area contributed by atoms with Crippen LogP contribution in [-0.2, 0) is 45.3 Å². The third kappa shape index (κ3) is 12.8. The standard InChI is InChI=1S/C46H51NO6/c1-46(2,3)53-45(49)47(31-37-21-11-5-12-22-37)41(30-29-36-19-9-4-10-20-36)43(51-34-39-25-15-7-16-26-39)44(52-35-40-27-17-8-18-28-40)42(32-48)50-33-38-23-13-6-14-24-38/h4-30,41-44,48H,31-35H2,1-3H3/b30-29+/t41-,42-,43-,44+/m1/s1. The summed E-state index contributed by atoms with van der Waals surface area (Å²) in [5.41, 5.74) is 3.94. The molecule has 0 bridgehead atoms. The number of carbonyl (C=O) groups is 1. The van der Waals surface area contributed by atoms with Crippen LogP contribution in [0.3, 0.4) is 0 Å². The summed E-state index contributed by atoms with van der Waals surface area (Å²) in [6.07, 6.45) is 0.928. The normalized spacial score (nSPS) is 14.0. The second-order valence-electron chi connectivity index (χ2n) is 13.9. The molecule has 0 aliphatic carbocycles. The maximum atomic E-state index is 14.4. The Kier molecular flexibility index (Phi) is 15.0. The van der Waals surface area contributed by atoms with Crippen LogP contribution in [0.15, 0.2) is 158 Å². The molecule has 0 unspecified atom stereocenters. The number of aliphatic hydroxyl groups excluding tert-OH is 1. The van der Waals surface area contributed by atoms with Crippen LogP contribution in [0.25, 0.3) is 6.08 Å². The average molecular weight is 714 g/mol. The van der Waals surface area contributed by atoms with Gasteiger partial charge in [0.15, 0.2) is 0 Å². The number of amides is 1. The molecule has 1 N–H and O–H groups in total. The lowest BCUT2D eigenvalue weighted by atomic mass is 9.97.